The first kappa shape index (κ1) is 21.6. The van der Waals surface area contributed by atoms with Crippen LogP contribution in [0.1, 0.15) is 26.3 Å². The monoisotopic (exact) mass is 439 g/mol. The molecule has 2 heterocycles. The van der Waals surface area contributed by atoms with Crippen LogP contribution >= 0.6 is 0 Å². The molecule has 0 saturated heterocycles. The van der Waals surface area contributed by atoms with Crippen molar-refractivity contribution in [1.29, 1.82) is 0 Å². The van der Waals surface area contributed by atoms with E-state index < -0.39 is 5.91 Å². The minimum atomic E-state index is -0.639. The predicted octanol–water partition coefficient (Wildman–Crippen LogP) is 2.77. The number of rotatable bonds is 7. The number of carbonyl (C=O) groups excluding carboxylic acids is 2. The first-order valence-electron chi connectivity index (χ1n) is 10.1. The van der Waals surface area contributed by atoms with Crippen LogP contribution in [0.15, 0.2) is 85.3 Å². The van der Waals surface area contributed by atoms with E-state index in [4.69, 9.17) is 11.6 Å². The van der Waals surface area contributed by atoms with Crippen molar-refractivity contribution >= 4 is 23.3 Å². The lowest BCUT2D eigenvalue weighted by atomic mass is 10.1. The van der Waals surface area contributed by atoms with Gasteiger partial charge in [0.05, 0.1) is 11.3 Å². The molecule has 0 saturated carbocycles. The van der Waals surface area contributed by atoms with Crippen LogP contribution in [0.3, 0.4) is 0 Å². The lowest BCUT2D eigenvalue weighted by Crippen LogP contribution is -2.37. The van der Waals surface area contributed by atoms with Crippen LogP contribution in [0.25, 0.3) is 11.4 Å². The SMILES string of the molecule is NC(=O)c1cnc(-c2cccnc2)nc1NCc1ccc(C(=O)N(N)c2ccccc2)cc1. The van der Waals surface area contributed by atoms with Gasteiger partial charge in [0.2, 0.25) is 0 Å². The summed E-state index contributed by atoms with van der Waals surface area (Å²) in [4.78, 5) is 37.2. The largest absolute Gasteiger partial charge is 0.365 e. The van der Waals surface area contributed by atoms with Gasteiger partial charge >= 0.3 is 0 Å². The third-order valence-electron chi connectivity index (χ3n) is 4.89. The van der Waals surface area contributed by atoms with Gasteiger partial charge in [0, 0.05) is 36.3 Å². The highest BCUT2D eigenvalue weighted by molar-refractivity contribution is 6.05. The number of anilines is 2. The van der Waals surface area contributed by atoms with Crippen molar-refractivity contribution in [3.8, 4) is 11.4 Å². The Labute approximate surface area is 190 Å². The molecule has 2 aromatic carbocycles. The zero-order chi connectivity index (χ0) is 23.2. The van der Waals surface area contributed by atoms with Crippen LogP contribution in [0.2, 0.25) is 0 Å². The Morgan fingerprint density at radius 3 is 2.36 bits per heavy atom. The quantitative estimate of drug-likeness (QED) is 0.228. The van der Waals surface area contributed by atoms with E-state index in [1.807, 2.05) is 24.3 Å². The number of hydrogen-bond acceptors (Lipinski definition) is 7. The fraction of sp³-hybridized carbons (Fsp3) is 0.0417. The maximum atomic E-state index is 12.6. The van der Waals surface area contributed by atoms with Gasteiger partial charge in [-0.15, -0.1) is 0 Å². The van der Waals surface area contributed by atoms with Crippen molar-refractivity contribution in [2.45, 2.75) is 6.54 Å². The van der Waals surface area contributed by atoms with Crippen LogP contribution in [0.5, 0.6) is 0 Å². The van der Waals surface area contributed by atoms with Crippen molar-refractivity contribution in [2.24, 2.45) is 11.6 Å². The van der Waals surface area contributed by atoms with E-state index in [0.717, 1.165) is 10.6 Å². The summed E-state index contributed by atoms with van der Waals surface area (Å²) in [5, 5.41) is 4.23. The molecule has 0 bridgehead atoms. The Morgan fingerprint density at radius 2 is 1.70 bits per heavy atom. The summed E-state index contributed by atoms with van der Waals surface area (Å²) < 4.78 is 0. The number of para-hydroxylation sites is 1. The van der Waals surface area contributed by atoms with Gasteiger partial charge in [0.15, 0.2) is 5.82 Å². The third kappa shape index (κ3) is 5.00. The molecule has 0 fully saturated rings. The molecule has 0 radical (unpaired) electrons. The summed E-state index contributed by atoms with van der Waals surface area (Å²) in [5.41, 5.74) is 8.28. The zero-order valence-corrected chi connectivity index (χ0v) is 17.6. The molecule has 0 aliphatic rings. The highest BCUT2D eigenvalue weighted by Crippen LogP contribution is 2.20. The first-order chi connectivity index (χ1) is 16.0. The number of carbonyl (C=O) groups is 2. The number of nitrogens with two attached hydrogens (primary N) is 2. The van der Waals surface area contributed by atoms with Gasteiger partial charge in [-0.05, 0) is 42.0 Å². The van der Waals surface area contributed by atoms with Crippen LogP contribution in [0.4, 0.5) is 11.5 Å². The maximum Gasteiger partial charge on any atom is 0.272 e. The molecule has 0 aliphatic heterocycles. The lowest BCUT2D eigenvalue weighted by molar-refractivity contribution is 0.0983. The van der Waals surface area contributed by atoms with Gasteiger partial charge in [-0.1, -0.05) is 30.3 Å². The van der Waals surface area contributed by atoms with Crippen molar-refractivity contribution in [2.75, 3.05) is 10.3 Å². The van der Waals surface area contributed by atoms with Gasteiger partial charge in [0.25, 0.3) is 11.8 Å². The van der Waals surface area contributed by atoms with E-state index in [-0.39, 0.29) is 11.5 Å². The molecule has 0 aliphatic carbocycles. The minimum absolute atomic E-state index is 0.177. The van der Waals surface area contributed by atoms with Crippen LogP contribution < -0.4 is 21.9 Å². The number of hydrazine groups is 1. The Bertz CT molecular complexity index is 1260. The molecule has 33 heavy (non-hydrogen) atoms. The molecule has 4 aromatic rings. The average molecular weight is 439 g/mol. The fourth-order valence-corrected chi connectivity index (χ4v) is 3.13. The summed E-state index contributed by atoms with van der Waals surface area (Å²) in [6, 6.07) is 19.6. The second-order valence-electron chi connectivity index (χ2n) is 7.12. The first-order valence-corrected chi connectivity index (χ1v) is 10.1. The Hall–Kier alpha value is -4.63. The summed E-state index contributed by atoms with van der Waals surface area (Å²) in [6.07, 6.45) is 4.68. The van der Waals surface area contributed by atoms with Crippen molar-refractivity contribution in [3.05, 3.63) is 102 Å². The van der Waals surface area contributed by atoms with E-state index in [2.05, 4.69) is 20.3 Å². The number of primary amides is 1. The molecule has 5 N–H and O–H groups in total. The molecule has 0 atom stereocenters. The number of benzene rings is 2. The highest BCUT2D eigenvalue weighted by Gasteiger charge is 2.15. The molecule has 4 rings (SSSR count). The molecule has 2 amide bonds. The standard InChI is InChI=1S/C24H21N7O2/c25-21(32)20-15-29-22(18-5-4-12-27-14-18)30-23(20)28-13-16-8-10-17(11-9-16)24(33)31(26)19-6-2-1-3-7-19/h1-12,14-15H,13,26H2,(H2,25,32)(H,28,29,30). The Balaban J connectivity index is 1.49. The van der Waals surface area contributed by atoms with Gasteiger partial charge < -0.3 is 11.1 Å². The van der Waals surface area contributed by atoms with Crippen LogP contribution in [-0.2, 0) is 6.54 Å². The molecule has 9 heteroatoms. The third-order valence-corrected chi connectivity index (χ3v) is 4.89. The number of aromatic nitrogens is 3. The Kier molecular flexibility index (Phi) is 6.33. The number of amides is 2. The molecule has 2 aromatic heterocycles. The summed E-state index contributed by atoms with van der Waals surface area (Å²) in [6.45, 7) is 0.350. The molecule has 9 nitrogen and oxygen atoms in total. The second-order valence-corrected chi connectivity index (χ2v) is 7.12. The summed E-state index contributed by atoms with van der Waals surface area (Å²) in [7, 11) is 0. The molecular formula is C24H21N7O2. The van der Waals surface area contributed by atoms with Crippen LogP contribution in [-0.4, -0.2) is 26.8 Å². The number of nitrogens with one attached hydrogen (secondary N) is 1. The molecular weight excluding hydrogens is 418 g/mol. The number of hydrogen-bond donors (Lipinski definition) is 3. The molecule has 164 valence electrons. The highest BCUT2D eigenvalue weighted by atomic mass is 16.2. The van der Waals surface area contributed by atoms with Crippen molar-refractivity contribution in [3.63, 3.8) is 0 Å². The summed E-state index contributed by atoms with van der Waals surface area (Å²) >= 11 is 0. The van der Waals surface area contributed by atoms with Crippen LogP contribution in [0, 0.1) is 0 Å². The normalized spacial score (nSPS) is 10.5. The van der Waals surface area contributed by atoms with Crippen molar-refractivity contribution < 1.29 is 9.59 Å². The predicted molar refractivity (Wildman–Crippen MR) is 125 cm³/mol. The molecule has 0 spiro atoms. The minimum Gasteiger partial charge on any atom is -0.365 e. The van der Waals surface area contributed by atoms with E-state index >= 15 is 0 Å². The van der Waals surface area contributed by atoms with E-state index in [9.17, 15) is 9.59 Å². The Morgan fingerprint density at radius 1 is 0.939 bits per heavy atom. The van der Waals surface area contributed by atoms with Gasteiger partial charge in [-0.3, -0.25) is 14.6 Å². The molecule has 0 unspecified atom stereocenters. The van der Waals surface area contributed by atoms with Gasteiger partial charge in [0.1, 0.15) is 5.82 Å². The van der Waals surface area contributed by atoms with Crippen molar-refractivity contribution in [1.82, 2.24) is 15.0 Å². The number of pyridine rings is 1. The van der Waals surface area contributed by atoms with E-state index in [1.165, 1.54) is 6.20 Å². The van der Waals surface area contributed by atoms with E-state index in [0.29, 0.717) is 35.0 Å². The fourth-order valence-electron chi connectivity index (χ4n) is 3.13. The average Bonchev–Trinajstić information content (AvgIpc) is 2.87. The smallest absolute Gasteiger partial charge is 0.272 e. The maximum absolute atomic E-state index is 12.6. The van der Waals surface area contributed by atoms with Gasteiger partial charge in [-0.25, -0.2) is 20.8 Å². The lowest BCUT2D eigenvalue weighted by Gasteiger charge is -2.17. The summed E-state index contributed by atoms with van der Waals surface area (Å²) in [5.74, 6) is 5.73. The topological polar surface area (TPSA) is 140 Å². The number of nitrogens with zero attached hydrogens (tertiary/aromatic N) is 4. The van der Waals surface area contributed by atoms with E-state index in [1.54, 1.807) is 54.9 Å². The second kappa shape index (κ2) is 9.67. The van der Waals surface area contributed by atoms with Gasteiger partial charge in [-0.2, -0.15) is 0 Å². The zero-order valence-electron chi connectivity index (χ0n) is 17.6.